The standard InChI is InChI=1S/C23H31NO3/c1-15-2-4-16(5-3-15)9-20(10-21(25)26)22(27)24-14-23-11-17-6-18(12-23)8-19(7-17)13-23/h2-5,17-20H,6-14H2,1H3,(H,24,27)(H,25,26)/t17?,18?,19?,20-,23?/m1/s1. The van der Waals surface area contributed by atoms with Crippen LogP contribution in [-0.2, 0) is 16.0 Å². The van der Waals surface area contributed by atoms with Gasteiger partial charge in [0.15, 0.2) is 0 Å². The van der Waals surface area contributed by atoms with Crippen LogP contribution in [0.4, 0.5) is 0 Å². The number of rotatable bonds is 7. The molecule has 4 bridgehead atoms. The predicted octanol–water partition coefficient (Wildman–Crippen LogP) is 3.96. The topological polar surface area (TPSA) is 66.4 Å². The number of nitrogens with one attached hydrogen (secondary N) is 1. The quantitative estimate of drug-likeness (QED) is 0.764. The maximum Gasteiger partial charge on any atom is 0.304 e. The molecule has 5 rings (SSSR count). The number of aryl methyl sites for hydroxylation is 1. The van der Waals surface area contributed by atoms with Crippen molar-refractivity contribution in [2.24, 2.45) is 29.1 Å². The Kier molecular flexibility index (Phi) is 5.00. The van der Waals surface area contributed by atoms with Crippen LogP contribution in [0.1, 0.15) is 56.1 Å². The first-order valence-electron chi connectivity index (χ1n) is 10.5. The summed E-state index contributed by atoms with van der Waals surface area (Å²) in [5, 5.41) is 12.4. The van der Waals surface area contributed by atoms with Crippen LogP contribution < -0.4 is 5.32 Å². The molecule has 0 spiro atoms. The number of carbonyl (C=O) groups is 2. The van der Waals surface area contributed by atoms with Gasteiger partial charge in [-0.3, -0.25) is 9.59 Å². The number of carboxylic acids is 1. The van der Waals surface area contributed by atoms with Crippen LogP contribution in [0.15, 0.2) is 24.3 Å². The monoisotopic (exact) mass is 369 g/mol. The maximum atomic E-state index is 12.9. The molecule has 1 atom stereocenters. The van der Waals surface area contributed by atoms with Gasteiger partial charge in [0.2, 0.25) is 5.91 Å². The van der Waals surface area contributed by atoms with Gasteiger partial charge in [-0.25, -0.2) is 0 Å². The van der Waals surface area contributed by atoms with Crippen LogP contribution in [0.25, 0.3) is 0 Å². The zero-order valence-corrected chi connectivity index (χ0v) is 16.2. The number of carbonyl (C=O) groups excluding carboxylic acids is 1. The van der Waals surface area contributed by atoms with E-state index in [4.69, 9.17) is 0 Å². The molecule has 0 unspecified atom stereocenters. The van der Waals surface area contributed by atoms with E-state index in [0.29, 0.717) is 6.42 Å². The normalized spacial score (nSPS) is 32.3. The summed E-state index contributed by atoms with van der Waals surface area (Å²) in [6, 6.07) is 8.02. The van der Waals surface area contributed by atoms with Crippen molar-refractivity contribution in [2.45, 2.75) is 58.3 Å². The minimum atomic E-state index is -0.905. The minimum absolute atomic E-state index is 0.0891. The molecule has 146 valence electrons. The fourth-order valence-electron chi connectivity index (χ4n) is 6.40. The van der Waals surface area contributed by atoms with E-state index in [1.54, 1.807) is 0 Å². The minimum Gasteiger partial charge on any atom is -0.481 e. The summed E-state index contributed by atoms with van der Waals surface area (Å²) in [5.74, 6) is 1.08. The maximum absolute atomic E-state index is 12.9. The summed E-state index contributed by atoms with van der Waals surface area (Å²) in [6.07, 6.45) is 8.30. The summed E-state index contributed by atoms with van der Waals surface area (Å²) in [7, 11) is 0. The number of hydrogen-bond acceptors (Lipinski definition) is 2. The first kappa shape index (κ1) is 18.5. The molecule has 0 radical (unpaired) electrons. The zero-order chi connectivity index (χ0) is 19.0. The second-order valence-electron chi connectivity index (χ2n) is 9.62. The van der Waals surface area contributed by atoms with Crippen molar-refractivity contribution in [1.82, 2.24) is 5.32 Å². The smallest absolute Gasteiger partial charge is 0.304 e. The van der Waals surface area contributed by atoms with E-state index < -0.39 is 11.9 Å². The van der Waals surface area contributed by atoms with Gasteiger partial charge in [-0.2, -0.15) is 0 Å². The molecule has 0 heterocycles. The first-order valence-corrected chi connectivity index (χ1v) is 10.5. The molecule has 0 aromatic heterocycles. The second kappa shape index (κ2) is 7.29. The van der Waals surface area contributed by atoms with Gasteiger partial charge in [-0.05, 0) is 80.6 Å². The lowest BCUT2D eigenvalue weighted by Gasteiger charge is -2.57. The fraction of sp³-hybridized carbons (Fsp3) is 0.652. The summed E-state index contributed by atoms with van der Waals surface area (Å²) in [4.78, 5) is 24.2. The van der Waals surface area contributed by atoms with Crippen LogP contribution in [0.5, 0.6) is 0 Å². The Balaban J connectivity index is 1.39. The molecule has 4 heteroatoms. The second-order valence-corrected chi connectivity index (χ2v) is 9.62. The van der Waals surface area contributed by atoms with Crippen molar-refractivity contribution < 1.29 is 14.7 Å². The number of hydrogen-bond donors (Lipinski definition) is 2. The molecule has 2 N–H and O–H groups in total. The van der Waals surface area contributed by atoms with Gasteiger partial charge in [0, 0.05) is 6.54 Å². The fourth-order valence-corrected chi connectivity index (χ4v) is 6.40. The lowest BCUT2D eigenvalue weighted by atomic mass is 9.49. The zero-order valence-electron chi connectivity index (χ0n) is 16.2. The van der Waals surface area contributed by atoms with Gasteiger partial charge >= 0.3 is 5.97 Å². The van der Waals surface area contributed by atoms with E-state index in [0.717, 1.165) is 29.9 Å². The predicted molar refractivity (Wildman–Crippen MR) is 104 cm³/mol. The third-order valence-electron chi connectivity index (χ3n) is 7.20. The Hall–Kier alpha value is -1.84. The number of carboxylic acid groups (broad SMARTS) is 1. The highest BCUT2D eigenvalue weighted by Gasteiger charge is 2.50. The summed E-state index contributed by atoms with van der Waals surface area (Å²) >= 11 is 0. The van der Waals surface area contributed by atoms with E-state index >= 15 is 0 Å². The van der Waals surface area contributed by atoms with Crippen LogP contribution in [0, 0.1) is 36.0 Å². The van der Waals surface area contributed by atoms with Crippen molar-refractivity contribution in [3.05, 3.63) is 35.4 Å². The van der Waals surface area contributed by atoms with Crippen molar-refractivity contribution in [1.29, 1.82) is 0 Å². The highest BCUT2D eigenvalue weighted by atomic mass is 16.4. The lowest BCUT2D eigenvalue weighted by Crippen LogP contribution is -2.51. The number of amides is 1. The highest BCUT2D eigenvalue weighted by Crippen LogP contribution is 2.59. The van der Waals surface area contributed by atoms with Crippen molar-refractivity contribution in [2.75, 3.05) is 6.54 Å². The summed E-state index contributed by atoms with van der Waals surface area (Å²) in [5.41, 5.74) is 2.47. The van der Waals surface area contributed by atoms with E-state index in [2.05, 4.69) is 5.32 Å². The Morgan fingerprint density at radius 3 is 2.15 bits per heavy atom. The molecule has 4 nitrogen and oxygen atoms in total. The Morgan fingerprint density at radius 1 is 1.07 bits per heavy atom. The summed E-state index contributed by atoms with van der Waals surface area (Å²) in [6.45, 7) is 2.76. The van der Waals surface area contributed by atoms with Gasteiger partial charge < -0.3 is 10.4 Å². The molecule has 4 aliphatic carbocycles. The van der Waals surface area contributed by atoms with Crippen LogP contribution in [0.2, 0.25) is 0 Å². The van der Waals surface area contributed by atoms with Crippen molar-refractivity contribution in [3.8, 4) is 0 Å². The molecular weight excluding hydrogens is 338 g/mol. The average molecular weight is 370 g/mol. The molecule has 4 saturated carbocycles. The third kappa shape index (κ3) is 4.20. The molecule has 1 amide bonds. The Morgan fingerprint density at radius 2 is 1.63 bits per heavy atom. The Bertz CT molecular complexity index is 674. The van der Waals surface area contributed by atoms with Gasteiger partial charge in [-0.15, -0.1) is 0 Å². The largest absolute Gasteiger partial charge is 0.481 e. The van der Waals surface area contributed by atoms with Gasteiger partial charge in [-0.1, -0.05) is 29.8 Å². The van der Waals surface area contributed by atoms with E-state index in [-0.39, 0.29) is 17.7 Å². The van der Waals surface area contributed by atoms with Crippen LogP contribution in [0.3, 0.4) is 0 Å². The number of aliphatic carboxylic acids is 1. The number of benzene rings is 1. The molecule has 4 fully saturated rings. The third-order valence-corrected chi connectivity index (χ3v) is 7.20. The summed E-state index contributed by atoms with van der Waals surface area (Å²) < 4.78 is 0. The van der Waals surface area contributed by atoms with E-state index in [1.807, 2.05) is 31.2 Å². The Labute approximate surface area is 161 Å². The molecule has 4 aliphatic rings. The van der Waals surface area contributed by atoms with Crippen molar-refractivity contribution >= 4 is 11.9 Å². The molecule has 1 aromatic rings. The van der Waals surface area contributed by atoms with Gasteiger partial charge in [0.1, 0.15) is 0 Å². The molecule has 1 aromatic carbocycles. The lowest BCUT2D eigenvalue weighted by molar-refractivity contribution is -0.141. The van der Waals surface area contributed by atoms with E-state index in [9.17, 15) is 14.7 Å². The SMILES string of the molecule is Cc1ccc(C[C@H](CC(=O)O)C(=O)NCC23CC4CC(CC(C4)C2)C3)cc1. The molecule has 0 aliphatic heterocycles. The molecule has 27 heavy (non-hydrogen) atoms. The molecular formula is C23H31NO3. The van der Waals surface area contributed by atoms with Gasteiger partial charge in [0.05, 0.1) is 12.3 Å². The average Bonchev–Trinajstić information content (AvgIpc) is 2.59. The van der Waals surface area contributed by atoms with Gasteiger partial charge in [0.25, 0.3) is 0 Å². The van der Waals surface area contributed by atoms with Crippen LogP contribution >= 0.6 is 0 Å². The van der Waals surface area contributed by atoms with E-state index in [1.165, 1.54) is 44.1 Å². The van der Waals surface area contributed by atoms with Crippen LogP contribution in [-0.4, -0.2) is 23.5 Å². The molecule has 0 saturated heterocycles. The first-order chi connectivity index (χ1) is 12.9. The highest BCUT2D eigenvalue weighted by molar-refractivity contribution is 5.83. The van der Waals surface area contributed by atoms with Crippen molar-refractivity contribution in [3.63, 3.8) is 0 Å².